The molecule has 0 aliphatic heterocycles. The van der Waals surface area contributed by atoms with E-state index >= 15 is 0 Å². The number of carbonyl (C=O) groups is 1. The Morgan fingerprint density at radius 1 is 1.50 bits per heavy atom. The Hall–Kier alpha value is -1.62. The van der Waals surface area contributed by atoms with Crippen LogP contribution in [0.1, 0.15) is 19.3 Å². The zero-order valence-electron chi connectivity index (χ0n) is 10.6. The molecule has 3 nitrogen and oxygen atoms in total. The van der Waals surface area contributed by atoms with E-state index in [2.05, 4.69) is 16.1 Å². The largest absolute Gasteiger partial charge is 0.433 e. The van der Waals surface area contributed by atoms with E-state index in [-0.39, 0.29) is 22.6 Å². The second-order valence-electron chi connectivity index (χ2n) is 4.54. The summed E-state index contributed by atoms with van der Waals surface area (Å²) in [7, 11) is 0. The van der Waals surface area contributed by atoms with Crippen LogP contribution in [0.5, 0.6) is 5.75 Å². The molecule has 2 rings (SSSR count). The van der Waals surface area contributed by atoms with Crippen LogP contribution in [0, 0.1) is 5.92 Å². The molecule has 1 aromatic carbocycles. The number of ether oxygens (including phenoxy) is 1. The Balaban J connectivity index is 1.93. The molecule has 0 heterocycles. The number of rotatable bonds is 5. The highest BCUT2D eigenvalue weighted by molar-refractivity contribution is 6.32. The lowest BCUT2D eigenvalue weighted by Gasteiger charge is -2.11. The molecule has 0 spiro atoms. The van der Waals surface area contributed by atoms with Crippen molar-refractivity contribution in [3.05, 3.63) is 35.4 Å². The van der Waals surface area contributed by atoms with Crippen LogP contribution in [0.3, 0.4) is 0 Å². The molecule has 0 saturated carbocycles. The van der Waals surface area contributed by atoms with Crippen molar-refractivity contribution in [2.24, 2.45) is 5.92 Å². The lowest BCUT2D eigenvalue weighted by atomic mass is 10.1. The Morgan fingerprint density at radius 3 is 2.90 bits per heavy atom. The van der Waals surface area contributed by atoms with Crippen LogP contribution < -0.4 is 10.1 Å². The fourth-order valence-electron chi connectivity index (χ4n) is 2.09. The number of anilines is 1. The van der Waals surface area contributed by atoms with Crippen LogP contribution in [0.15, 0.2) is 30.4 Å². The Morgan fingerprint density at radius 2 is 2.30 bits per heavy atom. The first-order valence-electron chi connectivity index (χ1n) is 6.25. The van der Waals surface area contributed by atoms with Gasteiger partial charge in [-0.15, -0.1) is 0 Å². The second kappa shape index (κ2) is 6.70. The summed E-state index contributed by atoms with van der Waals surface area (Å²) in [6.45, 7) is -2.93. The van der Waals surface area contributed by atoms with Crippen molar-refractivity contribution >= 4 is 23.2 Å². The summed E-state index contributed by atoms with van der Waals surface area (Å²) in [6.07, 6.45) is 6.49. The fourth-order valence-corrected chi connectivity index (χ4v) is 2.31. The number of allylic oxidation sites excluding steroid dienone is 2. The maximum Gasteiger partial charge on any atom is 0.387 e. The van der Waals surface area contributed by atoms with Gasteiger partial charge in [-0.3, -0.25) is 4.79 Å². The van der Waals surface area contributed by atoms with Crippen molar-refractivity contribution < 1.29 is 18.3 Å². The normalized spacial score (nSPS) is 17.5. The van der Waals surface area contributed by atoms with Gasteiger partial charge in [-0.2, -0.15) is 8.78 Å². The molecule has 20 heavy (non-hydrogen) atoms. The molecule has 6 heteroatoms. The third-order valence-electron chi connectivity index (χ3n) is 2.99. The Kier molecular flexibility index (Phi) is 4.95. The quantitative estimate of drug-likeness (QED) is 0.826. The zero-order valence-corrected chi connectivity index (χ0v) is 11.4. The van der Waals surface area contributed by atoms with E-state index in [1.54, 1.807) is 0 Å². The smallest absolute Gasteiger partial charge is 0.387 e. The predicted octanol–water partition coefficient (Wildman–Crippen LogP) is 4.24. The predicted molar refractivity (Wildman–Crippen MR) is 73.2 cm³/mol. The van der Waals surface area contributed by atoms with Crippen molar-refractivity contribution in [2.75, 3.05) is 5.32 Å². The summed E-state index contributed by atoms with van der Waals surface area (Å²) >= 11 is 5.81. The fraction of sp³-hybridized carbons (Fsp3) is 0.357. The molecule has 1 aliphatic carbocycles. The van der Waals surface area contributed by atoms with E-state index in [0.29, 0.717) is 12.1 Å². The first-order chi connectivity index (χ1) is 9.54. The number of nitrogens with one attached hydrogen (secondary N) is 1. The molecule has 0 fully saturated rings. The summed E-state index contributed by atoms with van der Waals surface area (Å²) in [6, 6.07) is 4.17. The maximum atomic E-state index is 12.1. The van der Waals surface area contributed by atoms with E-state index in [1.165, 1.54) is 18.2 Å². The molecule has 1 unspecified atom stereocenters. The average Bonchev–Trinajstić information content (AvgIpc) is 2.85. The maximum absolute atomic E-state index is 12.1. The van der Waals surface area contributed by atoms with Gasteiger partial charge in [0.15, 0.2) is 0 Å². The molecule has 0 bridgehead atoms. The van der Waals surface area contributed by atoms with Crippen LogP contribution in [0.4, 0.5) is 14.5 Å². The highest BCUT2D eigenvalue weighted by Gasteiger charge is 2.15. The topological polar surface area (TPSA) is 38.3 Å². The number of carbonyl (C=O) groups excluding carboxylic acids is 1. The van der Waals surface area contributed by atoms with Gasteiger partial charge in [0.1, 0.15) is 5.75 Å². The number of amides is 1. The molecule has 0 saturated heterocycles. The van der Waals surface area contributed by atoms with Crippen LogP contribution in [-0.2, 0) is 4.79 Å². The number of benzene rings is 1. The number of halogens is 3. The van der Waals surface area contributed by atoms with Gasteiger partial charge in [-0.25, -0.2) is 0 Å². The molecule has 1 aromatic rings. The van der Waals surface area contributed by atoms with Crippen molar-refractivity contribution in [2.45, 2.75) is 25.9 Å². The van der Waals surface area contributed by atoms with Crippen molar-refractivity contribution in [3.8, 4) is 5.75 Å². The van der Waals surface area contributed by atoms with Crippen molar-refractivity contribution in [1.29, 1.82) is 0 Å². The third kappa shape index (κ3) is 4.20. The lowest BCUT2D eigenvalue weighted by molar-refractivity contribution is -0.116. The molecule has 1 N–H and O–H groups in total. The first-order valence-corrected chi connectivity index (χ1v) is 6.63. The third-order valence-corrected chi connectivity index (χ3v) is 3.29. The minimum atomic E-state index is -2.93. The molecular formula is C14H14ClF2NO2. The average molecular weight is 302 g/mol. The van der Waals surface area contributed by atoms with E-state index in [1.807, 2.05) is 6.08 Å². The summed E-state index contributed by atoms with van der Waals surface area (Å²) in [5.74, 6) is 0.0328. The molecule has 0 radical (unpaired) electrons. The van der Waals surface area contributed by atoms with Gasteiger partial charge in [-0.1, -0.05) is 23.8 Å². The molecular weight excluding hydrogens is 288 g/mol. The zero-order chi connectivity index (χ0) is 14.5. The van der Waals surface area contributed by atoms with Gasteiger partial charge < -0.3 is 10.1 Å². The number of alkyl halides is 2. The molecule has 108 valence electrons. The number of hydrogen-bond acceptors (Lipinski definition) is 2. The summed E-state index contributed by atoms with van der Waals surface area (Å²) in [5.41, 5.74) is 0.462. The highest BCUT2D eigenvalue weighted by Crippen LogP contribution is 2.29. The number of hydrogen-bond donors (Lipinski definition) is 1. The van der Waals surface area contributed by atoms with Crippen LogP contribution in [-0.4, -0.2) is 12.5 Å². The second-order valence-corrected chi connectivity index (χ2v) is 4.95. The van der Waals surface area contributed by atoms with Crippen LogP contribution >= 0.6 is 11.6 Å². The monoisotopic (exact) mass is 301 g/mol. The van der Waals surface area contributed by atoms with E-state index in [9.17, 15) is 13.6 Å². The van der Waals surface area contributed by atoms with Gasteiger partial charge >= 0.3 is 6.61 Å². The SMILES string of the molecule is O=C(CC1C=CCC1)Nc1ccc(OC(F)F)c(Cl)c1. The molecule has 1 atom stereocenters. The molecule has 1 aliphatic rings. The lowest BCUT2D eigenvalue weighted by Crippen LogP contribution is -2.14. The van der Waals surface area contributed by atoms with Gasteiger partial charge in [0.2, 0.25) is 5.91 Å². The van der Waals surface area contributed by atoms with Gasteiger partial charge in [0.25, 0.3) is 0 Å². The standard InChI is InChI=1S/C14H14ClF2NO2/c15-11-8-10(5-6-12(11)20-14(16)17)18-13(19)7-9-3-1-2-4-9/h1,3,5-6,8-9,14H,2,4,7H2,(H,18,19). The van der Waals surface area contributed by atoms with E-state index in [4.69, 9.17) is 11.6 Å². The molecule has 1 amide bonds. The van der Waals surface area contributed by atoms with Crippen LogP contribution in [0.25, 0.3) is 0 Å². The minimum absolute atomic E-state index is 0.0314. The van der Waals surface area contributed by atoms with Crippen molar-refractivity contribution in [3.63, 3.8) is 0 Å². The Bertz CT molecular complexity index is 520. The minimum Gasteiger partial charge on any atom is -0.433 e. The highest BCUT2D eigenvalue weighted by atomic mass is 35.5. The van der Waals surface area contributed by atoms with E-state index in [0.717, 1.165) is 12.8 Å². The van der Waals surface area contributed by atoms with Crippen LogP contribution in [0.2, 0.25) is 5.02 Å². The summed E-state index contributed by atoms with van der Waals surface area (Å²) in [4.78, 5) is 11.8. The Labute approximate surface area is 120 Å². The van der Waals surface area contributed by atoms with Gasteiger partial charge in [0, 0.05) is 12.1 Å². The first kappa shape index (κ1) is 14.8. The van der Waals surface area contributed by atoms with Gasteiger partial charge in [-0.05, 0) is 37.0 Å². The summed E-state index contributed by atoms with van der Waals surface area (Å²) in [5, 5.41) is 2.72. The van der Waals surface area contributed by atoms with E-state index < -0.39 is 6.61 Å². The van der Waals surface area contributed by atoms with Gasteiger partial charge in [0.05, 0.1) is 5.02 Å². The van der Waals surface area contributed by atoms with Crippen molar-refractivity contribution in [1.82, 2.24) is 0 Å². The summed E-state index contributed by atoms with van der Waals surface area (Å²) < 4.78 is 28.4. The molecule has 0 aromatic heterocycles.